The number of fused-ring (bicyclic) bond motifs is 1. The second kappa shape index (κ2) is 12.4. The van der Waals surface area contributed by atoms with Crippen LogP contribution in [0.25, 0.3) is 11.0 Å². The maximum absolute atomic E-state index is 13.2. The Hall–Kier alpha value is -3.35. The normalized spacial score (nSPS) is 11.3. The van der Waals surface area contributed by atoms with E-state index in [4.69, 9.17) is 9.72 Å². The summed E-state index contributed by atoms with van der Waals surface area (Å²) in [7, 11) is 1.61. The highest BCUT2D eigenvalue weighted by molar-refractivity contribution is 5.94. The molecule has 0 unspecified atom stereocenters. The van der Waals surface area contributed by atoms with Gasteiger partial charge in [-0.05, 0) is 76.9 Å². The predicted molar refractivity (Wildman–Crippen MR) is 140 cm³/mol. The van der Waals surface area contributed by atoms with Gasteiger partial charge in [-0.25, -0.2) is 4.98 Å². The van der Waals surface area contributed by atoms with E-state index < -0.39 is 0 Å². The minimum atomic E-state index is -0.0761. The number of hydrogen-bond donors (Lipinski definition) is 1. The Morgan fingerprint density at radius 3 is 2.31 bits per heavy atom. The molecule has 2 aromatic carbocycles. The molecule has 188 valence electrons. The van der Waals surface area contributed by atoms with Crippen molar-refractivity contribution >= 4 is 22.8 Å². The van der Waals surface area contributed by atoms with Crippen LogP contribution in [0.15, 0.2) is 48.5 Å². The van der Waals surface area contributed by atoms with Gasteiger partial charge >= 0.3 is 0 Å². The van der Waals surface area contributed by atoms with Gasteiger partial charge in [0.25, 0.3) is 5.91 Å². The monoisotopic (exact) mass is 478 g/mol. The van der Waals surface area contributed by atoms with Crippen molar-refractivity contribution in [3.8, 4) is 5.75 Å². The largest absolute Gasteiger partial charge is 0.497 e. The van der Waals surface area contributed by atoms with Gasteiger partial charge in [-0.3, -0.25) is 9.59 Å². The van der Waals surface area contributed by atoms with Gasteiger partial charge in [-0.1, -0.05) is 18.6 Å². The second-order valence-electron chi connectivity index (χ2n) is 9.39. The summed E-state index contributed by atoms with van der Waals surface area (Å²) in [5.74, 6) is 1.71. The molecule has 1 N–H and O–H groups in total. The van der Waals surface area contributed by atoms with Gasteiger partial charge in [-0.15, -0.1) is 0 Å². The first kappa shape index (κ1) is 26.3. The maximum Gasteiger partial charge on any atom is 0.251 e. The molecule has 0 saturated carbocycles. The number of rotatable bonds is 12. The Morgan fingerprint density at radius 2 is 1.66 bits per heavy atom. The van der Waals surface area contributed by atoms with E-state index in [1.165, 1.54) is 0 Å². The van der Waals surface area contributed by atoms with Crippen LogP contribution in [0.2, 0.25) is 0 Å². The number of nitrogens with one attached hydrogen (secondary N) is 1. The smallest absolute Gasteiger partial charge is 0.251 e. The molecule has 3 aromatic rings. The SMILES string of the molecule is COc1ccc(C(=O)NCCCCCc2nc3ccccc3n2CC(=O)N(C(C)C)C(C)C)cc1. The quantitative estimate of drug-likeness (QED) is 0.378. The lowest BCUT2D eigenvalue weighted by atomic mass is 10.1. The van der Waals surface area contributed by atoms with E-state index in [1.54, 1.807) is 31.4 Å². The fraction of sp³-hybridized carbons (Fsp3) is 0.464. The lowest BCUT2D eigenvalue weighted by molar-refractivity contribution is -0.135. The fourth-order valence-corrected chi connectivity index (χ4v) is 4.51. The van der Waals surface area contributed by atoms with E-state index in [1.807, 2.05) is 29.2 Å². The zero-order valence-corrected chi connectivity index (χ0v) is 21.6. The molecule has 0 aliphatic heterocycles. The number of methoxy groups -OCH3 is 1. The van der Waals surface area contributed by atoms with Crippen LogP contribution in [0.5, 0.6) is 5.75 Å². The first-order valence-corrected chi connectivity index (χ1v) is 12.5. The van der Waals surface area contributed by atoms with Crippen molar-refractivity contribution in [1.29, 1.82) is 0 Å². The predicted octanol–water partition coefficient (Wildman–Crippen LogP) is 4.83. The van der Waals surface area contributed by atoms with Gasteiger partial charge in [0.1, 0.15) is 18.1 Å². The Bertz CT molecular complexity index is 1110. The molecular weight excluding hydrogens is 440 g/mol. The molecule has 0 bridgehead atoms. The molecule has 1 heterocycles. The van der Waals surface area contributed by atoms with Gasteiger partial charge in [0.05, 0.1) is 18.1 Å². The zero-order chi connectivity index (χ0) is 25.4. The number of hydrogen-bond acceptors (Lipinski definition) is 4. The molecule has 2 amide bonds. The van der Waals surface area contributed by atoms with Crippen molar-refractivity contribution in [3.05, 3.63) is 59.9 Å². The van der Waals surface area contributed by atoms with Crippen LogP contribution in [-0.4, -0.2) is 52.0 Å². The summed E-state index contributed by atoms with van der Waals surface area (Å²) in [6.07, 6.45) is 3.57. The zero-order valence-electron chi connectivity index (χ0n) is 21.6. The number of carbonyl (C=O) groups is 2. The molecule has 7 nitrogen and oxygen atoms in total. The van der Waals surface area contributed by atoms with Crippen molar-refractivity contribution in [3.63, 3.8) is 0 Å². The number of carbonyl (C=O) groups excluding carboxylic acids is 2. The van der Waals surface area contributed by atoms with Crippen LogP contribution in [0.1, 0.15) is 63.1 Å². The summed E-state index contributed by atoms with van der Waals surface area (Å²) >= 11 is 0. The lowest BCUT2D eigenvalue weighted by Gasteiger charge is -2.31. The van der Waals surface area contributed by atoms with Crippen molar-refractivity contribution in [2.45, 2.75) is 72.0 Å². The highest BCUT2D eigenvalue weighted by Crippen LogP contribution is 2.19. The average Bonchev–Trinajstić information content (AvgIpc) is 3.17. The molecule has 35 heavy (non-hydrogen) atoms. The van der Waals surface area contributed by atoms with Crippen molar-refractivity contribution in [1.82, 2.24) is 19.8 Å². The van der Waals surface area contributed by atoms with E-state index in [-0.39, 0.29) is 23.9 Å². The summed E-state index contributed by atoms with van der Waals surface area (Å²) in [5, 5.41) is 2.98. The van der Waals surface area contributed by atoms with Crippen LogP contribution >= 0.6 is 0 Å². The summed E-state index contributed by atoms with van der Waals surface area (Å²) in [6, 6.07) is 15.4. The van der Waals surface area contributed by atoms with Gasteiger partial charge in [0.15, 0.2) is 0 Å². The van der Waals surface area contributed by atoms with Crippen molar-refractivity contribution in [2.75, 3.05) is 13.7 Å². The molecule has 1 aromatic heterocycles. The third kappa shape index (κ3) is 6.84. The molecule has 0 saturated heterocycles. The highest BCUT2D eigenvalue weighted by Gasteiger charge is 2.22. The van der Waals surface area contributed by atoms with Gasteiger partial charge in [0.2, 0.25) is 5.91 Å². The van der Waals surface area contributed by atoms with Gasteiger partial charge in [-0.2, -0.15) is 0 Å². The summed E-state index contributed by atoms with van der Waals surface area (Å²) < 4.78 is 7.20. The van der Waals surface area contributed by atoms with E-state index in [2.05, 4.69) is 37.6 Å². The van der Waals surface area contributed by atoms with Gasteiger partial charge < -0.3 is 19.5 Å². The van der Waals surface area contributed by atoms with Crippen molar-refractivity contribution < 1.29 is 14.3 Å². The number of aryl methyl sites for hydroxylation is 1. The number of benzene rings is 2. The first-order chi connectivity index (χ1) is 16.8. The summed E-state index contributed by atoms with van der Waals surface area (Å²) in [5.41, 5.74) is 2.54. The highest BCUT2D eigenvalue weighted by atomic mass is 16.5. The van der Waals surface area contributed by atoms with E-state index >= 15 is 0 Å². The lowest BCUT2D eigenvalue weighted by Crippen LogP contribution is -2.43. The third-order valence-electron chi connectivity index (χ3n) is 6.14. The molecular formula is C28H38N4O3. The number of nitrogens with zero attached hydrogens (tertiary/aromatic N) is 3. The number of amides is 2. The van der Waals surface area contributed by atoms with Crippen LogP contribution < -0.4 is 10.1 Å². The molecule has 0 radical (unpaired) electrons. The summed E-state index contributed by atoms with van der Waals surface area (Å²) in [4.78, 5) is 32.2. The first-order valence-electron chi connectivity index (χ1n) is 12.5. The van der Waals surface area contributed by atoms with Crippen LogP contribution in [-0.2, 0) is 17.8 Å². The summed E-state index contributed by atoms with van der Waals surface area (Å²) in [6.45, 7) is 9.13. The Morgan fingerprint density at radius 1 is 0.971 bits per heavy atom. The fourth-order valence-electron chi connectivity index (χ4n) is 4.51. The topological polar surface area (TPSA) is 76.5 Å². The van der Waals surface area contributed by atoms with Crippen LogP contribution in [0.3, 0.4) is 0 Å². The molecule has 0 aliphatic rings. The van der Waals surface area contributed by atoms with Crippen LogP contribution in [0.4, 0.5) is 0 Å². The Balaban J connectivity index is 1.55. The van der Waals surface area contributed by atoms with Gasteiger partial charge in [0, 0.05) is 30.6 Å². The number of para-hydroxylation sites is 2. The molecule has 0 aliphatic carbocycles. The molecule has 0 fully saturated rings. The minimum absolute atomic E-state index is 0.0761. The second-order valence-corrected chi connectivity index (χ2v) is 9.39. The number of unbranched alkanes of at least 4 members (excludes halogenated alkanes) is 2. The molecule has 0 atom stereocenters. The minimum Gasteiger partial charge on any atom is -0.497 e. The number of aromatic nitrogens is 2. The standard InChI is InChI=1S/C28H38N4O3/c1-20(2)32(21(3)4)27(33)19-31-25-12-9-8-11-24(25)30-26(31)13-7-6-10-18-29-28(34)22-14-16-23(35-5)17-15-22/h8-9,11-12,14-17,20-21H,6-7,10,13,18-19H2,1-5H3,(H,29,34). The Kier molecular flexibility index (Phi) is 9.29. The third-order valence-corrected chi connectivity index (χ3v) is 6.14. The number of imidazole rings is 1. The molecule has 7 heteroatoms. The van der Waals surface area contributed by atoms with E-state index in [0.29, 0.717) is 18.7 Å². The average molecular weight is 479 g/mol. The van der Waals surface area contributed by atoms with E-state index in [9.17, 15) is 9.59 Å². The number of ether oxygens (including phenoxy) is 1. The van der Waals surface area contributed by atoms with Crippen molar-refractivity contribution in [2.24, 2.45) is 0 Å². The van der Waals surface area contributed by atoms with E-state index in [0.717, 1.165) is 48.3 Å². The molecule has 0 spiro atoms. The van der Waals surface area contributed by atoms with Crippen LogP contribution in [0, 0.1) is 0 Å². The molecule has 3 rings (SSSR count). The Labute approximate surface area is 208 Å². The maximum atomic E-state index is 13.2.